The monoisotopic (exact) mass is 488 g/mol. The van der Waals surface area contributed by atoms with Crippen LogP contribution in [0.3, 0.4) is 0 Å². The third-order valence-corrected chi connectivity index (χ3v) is 7.07. The fraction of sp³-hybridized carbons (Fsp3) is 0.522. The van der Waals surface area contributed by atoms with Crippen LogP contribution in [0.5, 0.6) is 0 Å². The van der Waals surface area contributed by atoms with Crippen LogP contribution < -0.4 is 10.6 Å². The Bertz CT molecular complexity index is 1010. The van der Waals surface area contributed by atoms with E-state index in [1.165, 1.54) is 43.5 Å². The molecule has 0 unspecified atom stereocenters. The number of nitrogens with one attached hydrogen (secondary N) is 2. The van der Waals surface area contributed by atoms with Gasteiger partial charge < -0.3 is 20.4 Å². The highest BCUT2D eigenvalue weighted by atomic mass is 32.1. The van der Waals surface area contributed by atoms with Gasteiger partial charge in [0.2, 0.25) is 15.9 Å². The smallest absolute Gasteiger partial charge is 0.286 e. The lowest BCUT2D eigenvalue weighted by Gasteiger charge is -2.32. The summed E-state index contributed by atoms with van der Waals surface area (Å²) in [4.78, 5) is 42.0. The molecule has 11 heteroatoms. The lowest BCUT2D eigenvalue weighted by Crippen LogP contribution is -2.46. The van der Waals surface area contributed by atoms with E-state index < -0.39 is 11.7 Å². The van der Waals surface area contributed by atoms with Gasteiger partial charge in [0.1, 0.15) is 5.82 Å². The van der Waals surface area contributed by atoms with Crippen molar-refractivity contribution < 1.29 is 18.8 Å². The number of aromatic nitrogens is 2. The predicted molar refractivity (Wildman–Crippen MR) is 126 cm³/mol. The lowest BCUT2D eigenvalue weighted by atomic mass is 9.97. The molecule has 1 aromatic carbocycles. The van der Waals surface area contributed by atoms with Crippen molar-refractivity contribution in [1.29, 1.82) is 0 Å². The number of piperidine rings is 2. The van der Waals surface area contributed by atoms with Gasteiger partial charge in [0.15, 0.2) is 0 Å². The first-order valence-corrected chi connectivity index (χ1v) is 12.5. The number of benzene rings is 1. The van der Waals surface area contributed by atoms with Gasteiger partial charge in [-0.25, -0.2) is 4.39 Å². The minimum Gasteiger partial charge on any atom is -0.355 e. The Morgan fingerprint density at radius 2 is 1.74 bits per heavy atom. The molecule has 4 rings (SSSR count). The zero-order valence-electron chi connectivity index (χ0n) is 19.0. The van der Waals surface area contributed by atoms with Gasteiger partial charge in [0.05, 0.1) is 5.92 Å². The van der Waals surface area contributed by atoms with Crippen molar-refractivity contribution >= 4 is 34.7 Å². The molecule has 2 aliphatic heterocycles. The van der Waals surface area contributed by atoms with Crippen LogP contribution in [0.25, 0.3) is 0 Å². The van der Waals surface area contributed by atoms with Gasteiger partial charge in [-0.05, 0) is 63.0 Å². The van der Waals surface area contributed by atoms with Crippen molar-refractivity contribution in [3.8, 4) is 0 Å². The van der Waals surface area contributed by atoms with Crippen LogP contribution in [0, 0.1) is 11.7 Å². The minimum absolute atomic E-state index is 0.0221. The van der Waals surface area contributed by atoms with Gasteiger partial charge in [0, 0.05) is 31.9 Å². The predicted octanol–water partition coefficient (Wildman–Crippen LogP) is 2.38. The maximum absolute atomic E-state index is 13.0. The molecule has 2 aromatic rings. The molecule has 0 radical (unpaired) electrons. The van der Waals surface area contributed by atoms with E-state index in [4.69, 9.17) is 0 Å². The maximum Gasteiger partial charge on any atom is 0.286 e. The molecular weight excluding hydrogens is 459 g/mol. The van der Waals surface area contributed by atoms with E-state index >= 15 is 0 Å². The Morgan fingerprint density at radius 1 is 1.00 bits per heavy atom. The fourth-order valence-electron chi connectivity index (χ4n) is 4.29. The van der Waals surface area contributed by atoms with Crippen molar-refractivity contribution in [1.82, 2.24) is 25.3 Å². The number of carbonyl (C=O) groups is 3. The highest BCUT2D eigenvalue weighted by Crippen LogP contribution is 2.21. The van der Waals surface area contributed by atoms with Crippen molar-refractivity contribution in [2.45, 2.75) is 32.1 Å². The molecule has 2 saturated heterocycles. The number of halogens is 1. The van der Waals surface area contributed by atoms with Crippen LogP contribution >= 0.6 is 11.3 Å². The molecule has 0 aliphatic carbocycles. The zero-order valence-corrected chi connectivity index (χ0v) is 19.8. The Kier molecular flexibility index (Phi) is 8.17. The Balaban J connectivity index is 1.27. The largest absolute Gasteiger partial charge is 0.355 e. The molecule has 9 nitrogen and oxygen atoms in total. The second-order valence-corrected chi connectivity index (χ2v) is 9.63. The Morgan fingerprint density at radius 3 is 2.50 bits per heavy atom. The number of hydrogen-bond acceptors (Lipinski definition) is 7. The van der Waals surface area contributed by atoms with E-state index in [1.54, 1.807) is 4.90 Å². The van der Waals surface area contributed by atoms with E-state index in [2.05, 4.69) is 25.7 Å². The Hall–Kier alpha value is -2.92. The first-order valence-electron chi connectivity index (χ1n) is 11.7. The summed E-state index contributed by atoms with van der Waals surface area (Å²) < 4.78 is 13.0. The summed E-state index contributed by atoms with van der Waals surface area (Å²) in [6.07, 6.45) is 5.18. The van der Waals surface area contributed by atoms with E-state index in [1.807, 2.05) is 0 Å². The zero-order chi connectivity index (χ0) is 23.9. The summed E-state index contributed by atoms with van der Waals surface area (Å²) in [5.74, 6) is -1.53. The standard InChI is InChI=1S/C23H29FN6O3S/c24-17-6-8-18(9-7-17)26-20(32)21-27-28-22(34-21)23(33)30-13-4-5-16(15-30)19(31)25-10-14-29-11-2-1-3-12-29/h6-9,16H,1-5,10-15H2,(H,25,31)(H,26,32)/t16-/m0/s1. The molecule has 0 spiro atoms. The average molecular weight is 489 g/mol. The third-order valence-electron chi connectivity index (χ3n) is 6.16. The number of nitrogens with zero attached hydrogens (tertiary/aromatic N) is 4. The molecule has 2 fully saturated rings. The molecule has 34 heavy (non-hydrogen) atoms. The van der Waals surface area contributed by atoms with Crippen LogP contribution in [0.2, 0.25) is 0 Å². The van der Waals surface area contributed by atoms with Crippen LogP contribution in [0.4, 0.5) is 10.1 Å². The quantitative estimate of drug-likeness (QED) is 0.620. The van der Waals surface area contributed by atoms with Crippen molar-refractivity contribution in [3.05, 3.63) is 40.1 Å². The molecule has 3 amide bonds. The van der Waals surface area contributed by atoms with E-state index in [-0.39, 0.29) is 27.7 Å². The number of rotatable bonds is 7. The third kappa shape index (κ3) is 6.35. The molecule has 2 aliphatic rings. The molecule has 1 aromatic heterocycles. The molecule has 2 N–H and O–H groups in total. The summed E-state index contributed by atoms with van der Waals surface area (Å²) in [5.41, 5.74) is 0.416. The highest BCUT2D eigenvalue weighted by Gasteiger charge is 2.31. The van der Waals surface area contributed by atoms with Gasteiger partial charge in [-0.15, -0.1) is 10.2 Å². The SMILES string of the molecule is O=C(Nc1ccc(F)cc1)c1nnc(C(=O)N2CCC[C@H](C(=O)NCCN3CCCCC3)C2)s1. The van der Waals surface area contributed by atoms with Gasteiger partial charge in [-0.1, -0.05) is 17.8 Å². The molecule has 3 heterocycles. The first kappa shape index (κ1) is 24.2. The number of hydrogen-bond donors (Lipinski definition) is 2. The molecule has 0 saturated carbocycles. The normalized spacial score (nSPS) is 19.0. The van der Waals surface area contributed by atoms with Crippen LogP contribution in [0.15, 0.2) is 24.3 Å². The van der Waals surface area contributed by atoms with E-state index in [0.29, 0.717) is 25.3 Å². The van der Waals surface area contributed by atoms with Gasteiger partial charge >= 0.3 is 0 Å². The van der Waals surface area contributed by atoms with E-state index in [9.17, 15) is 18.8 Å². The molecule has 182 valence electrons. The summed E-state index contributed by atoms with van der Waals surface area (Å²) >= 11 is 0.899. The Labute approximate surface area is 201 Å². The van der Waals surface area contributed by atoms with E-state index in [0.717, 1.165) is 43.8 Å². The maximum atomic E-state index is 13.0. The van der Waals surface area contributed by atoms with Gasteiger partial charge in [-0.3, -0.25) is 14.4 Å². The average Bonchev–Trinajstić information content (AvgIpc) is 3.36. The van der Waals surface area contributed by atoms with Gasteiger partial charge in [0.25, 0.3) is 11.8 Å². The van der Waals surface area contributed by atoms with Crippen LogP contribution in [-0.4, -0.2) is 77.0 Å². The summed E-state index contributed by atoms with van der Waals surface area (Å²) in [7, 11) is 0. The van der Waals surface area contributed by atoms with Crippen molar-refractivity contribution in [3.63, 3.8) is 0 Å². The van der Waals surface area contributed by atoms with Crippen LogP contribution in [0.1, 0.15) is 51.7 Å². The molecule has 1 atom stereocenters. The number of carbonyl (C=O) groups excluding carboxylic acids is 3. The number of likely N-dealkylation sites (tertiary alicyclic amines) is 2. The first-order chi connectivity index (χ1) is 16.5. The van der Waals surface area contributed by atoms with Gasteiger partial charge in [-0.2, -0.15) is 0 Å². The number of amides is 3. The molecule has 0 bridgehead atoms. The van der Waals surface area contributed by atoms with Crippen LogP contribution in [-0.2, 0) is 4.79 Å². The summed E-state index contributed by atoms with van der Waals surface area (Å²) in [5, 5.41) is 13.5. The summed E-state index contributed by atoms with van der Waals surface area (Å²) in [6, 6.07) is 5.35. The second kappa shape index (κ2) is 11.5. The topological polar surface area (TPSA) is 108 Å². The fourth-order valence-corrected chi connectivity index (χ4v) is 5.00. The molecular formula is C23H29FN6O3S. The minimum atomic E-state index is -0.521. The highest BCUT2D eigenvalue weighted by molar-refractivity contribution is 7.15. The second-order valence-electron chi connectivity index (χ2n) is 8.66. The number of anilines is 1. The summed E-state index contributed by atoms with van der Waals surface area (Å²) in [6.45, 7) is 4.51. The van der Waals surface area contributed by atoms with Crippen molar-refractivity contribution in [2.75, 3.05) is 44.6 Å². The lowest BCUT2D eigenvalue weighted by molar-refractivity contribution is -0.126. The van der Waals surface area contributed by atoms with Crippen molar-refractivity contribution in [2.24, 2.45) is 5.92 Å².